The molecule has 9 nitrogen and oxygen atoms in total. The first kappa shape index (κ1) is 25.1. The molecule has 1 atom stereocenters. The lowest BCUT2D eigenvalue weighted by Gasteiger charge is -2.24. The van der Waals surface area contributed by atoms with Crippen LogP contribution in [0.1, 0.15) is 31.0 Å². The highest BCUT2D eigenvalue weighted by atomic mass is 79.9. The summed E-state index contributed by atoms with van der Waals surface area (Å²) in [6.45, 7) is 3.79. The van der Waals surface area contributed by atoms with Gasteiger partial charge in [0.25, 0.3) is 5.56 Å². The number of hydrogen-bond donors (Lipinski definition) is 0. The normalized spacial score (nSPS) is 16.4. The average molecular weight is 587 g/mol. The van der Waals surface area contributed by atoms with Crippen LogP contribution in [0.25, 0.3) is 6.08 Å². The Bertz CT molecular complexity index is 1620. The Balaban J connectivity index is 1.71. The number of rotatable bonds is 6. The van der Waals surface area contributed by atoms with Crippen LogP contribution in [-0.4, -0.2) is 38.2 Å². The van der Waals surface area contributed by atoms with Gasteiger partial charge < -0.3 is 23.7 Å². The summed E-state index contributed by atoms with van der Waals surface area (Å²) in [4.78, 5) is 32.0. The van der Waals surface area contributed by atoms with Crippen LogP contribution in [0.2, 0.25) is 0 Å². The summed E-state index contributed by atoms with van der Waals surface area (Å²) in [5.74, 6) is 1.71. The maximum atomic E-state index is 13.8. The second kappa shape index (κ2) is 10.1. The molecule has 0 unspecified atom stereocenters. The molecule has 3 aromatic rings. The molecule has 192 valence electrons. The van der Waals surface area contributed by atoms with E-state index in [1.54, 1.807) is 52.3 Å². The van der Waals surface area contributed by atoms with E-state index in [0.717, 1.165) is 5.56 Å². The average Bonchev–Trinajstić information content (AvgIpc) is 3.46. The van der Waals surface area contributed by atoms with Crippen LogP contribution in [0.5, 0.6) is 23.0 Å². The van der Waals surface area contributed by atoms with Gasteiger partial charge in [-0.2, -0.15) is 0 Å². The summed E-state index contributed by atoms with van der Waals surface area (Å²) in [5.41, 5.74) is 1.92. The van der Waals surface area contributed by atoms with Crippen LogP contribution in [0, 0.1) is 0 Å². The Labute approximate surface area is 224 Å². The van der Waals surface area contributed by atoms with Gasteiger partial charge in [0.15, 0.2) is 27.8 Å². The van der Waals surface area contributed by atoms with E-state index in [0.29, 0.717) is 53.6 Å². The van der Waals surface area contributed by atoms with Crippen LogP contribution in [-0.2, 0) is 9.53 Å². The highest BCUT2D eigenvalue weighted by molar-refractivity contribution is 9.10. The minimum atomic E-state index is -0.746. The lowest BCUT2D eigenvalue weighted by molar-refractivity contribution is -0.139. The standard InChI is InChI=1S/C26H23BrN2O7S/c1-5-34-25(31)21-13(2)28-26-29(22(21)15-6-7-17-18(11-15)36-12-35-17)24(30)20(37-26)10-14-8-16(27)23(33-4)19(9-14)32-3/h6-11,22H,5,12H2,1-4H3/b20-10-/t22-/m0/s1. The molecule has 0 amide bonds. The molecule has 2 aromatic carbocycles. The summed E-state index contributed by atoms with van der Waals surface area (Å²) in [6, 6.07) is 8.25. The van der Waals surface area contributed by atoms with Crippen molar-refractivity contribution in [3.05, 3.63) is 76.9 Å². The Kier molecular flexibility index (Phi) is 6.82. The van der Waals surface area contributed by atoms with Crippen molar-refractivity contribution in [2.24, 2.45) is 4.99 Å². The zero-order valence-corrected chi connectivity index (χ0v) is 22.9. The van der Waals surface area contributed by atoms with Gasteiger partial charge in [0.1, 0.15) is 0 Å². The van der Waals surface area contributed by atoms with Gasteiger partial charge in [-0.25, -0.2) is 9.79 Å². The van der Waals surface area contributed by atoms with Gasteiger partial charge in [0.05, 0.1) is 47.1 Å². The quantitative estimate of drug-likeness (QED) is 0.409. The van der Waals surface area contributed by atoms with Gasteiger partial charge in [-0.3, -0.25) is 9.36 Å². The Morgan fingerprint density at radius 3 is 2.73 bits per heavy atom. The highest BCUT2D eigenvalue weighted by Gasteiger charge is 2.34. The fraction of sp³-hybridized carbons (Fsp3) is 0.269. The number of ether oxygens (including phenoxy) is 5. The van der Waals surface area contributed by atoms with Gasteiger partial charge >= 0.3 is 5.97 Å². The fourth-order valence-electron chi connectivity index (χ4n) is 4.36. The number of thiazole rings is 1. The van der Waals surface area contributed by atoms with Crippen LogP contribution in [0.3, 0.4) is 0 Å². The smallest absolute Gasteiger partial charge is 0.338 e. The zero-order chi connectivity index (χ0) is 26.3. The van der Waals surface area contributed by atoms with Crippen LogP contribution < -0.4 is 33.8 Å². The van der Waals surface area contributed by atoms with Crippen LogP contribution in [0.4, 0.5) is 0 Å². The van der Waals surface area contributed by atoms with E-state index >= 15 is 0 Å². The van der Waals surface area contributed by atoms with E-state index in [4.69, 9.17) is 23.7 Å². The summed E-state index contributed by atoms with van der Waals surface area (Å²) >= 11 is 4.73. The lowest BCUT2D eigenvalue weighted by atomic mass is 9.95. The molecule has 0 radical (unpaired) electrons. The molecule has 2 aliphatic heterocycles. The lowest BCUT2D eigenvalue weighted by Crippen LogP contribution is -2.39. The van der Waals surface area contributed by atoms with E-state index in [1.807, 2.05) is 12.1 Å². The summed E-state index contributed by atoms with van der Waals surface area (Å²) in [6.07, 6.45) is 1.76. The number of methoxy groups -OCH3 is 2. The Hall–Kier alpha value is -3.57. The minimum absolute atomic E-state index is 0.113. The molecule has 0 fully saturated rings. The molecule has 3 heterocycles. The topological polar surface area (TPSA) is 97.6 Å². The molecule has 37 heavy (non-hydrogen) atoms. The van der Waals surface area contributed by atoms with Crippen molar-refractivity contribution in [3.8, 4) is 23.0 Å². The molecule has 0 N–H and O–H groups in total. The third kappa shape index (κ3) is 4.42. The van der Waals surface area contributed by atoms with Crippen molar-refractivity contribution in [1.29, 1.82) is 0 Å². The predicted octanol–water partition coefficient (Wildman–Crippen LogP) is 3.31. The monoisotopic (exact) mass is 586 g/mol. The summed E-state index contributed by atoms with van der Waals surface area (Å²) in [7, 11) is 3.10. The predicted molar refractivity (Wildman–Crippen MR) is 140 cm³/mol. The van der Waals surface area contributed by atoms with Gasteiger partial charge in [0, 0.05) is 0 Å². The fourth-order valence-corrected chi connectivity index (χ4v) is 6.03. The number of benzene rings is 2. The number of carbonyl (C=O) groups is 1. The third-order valence-corrected chi connectivity index (χ3v) is 7.56. The molecule has 0 aliphatic carbocycles. The van der Waals surface area contributed by atoms with E-state index in [9.17, 15) is 9.59 Å². The highest BCUT2D eigenvalue weighted by Crippen LogP contribution is 2.39. The molecule has 0 saturated heterocycles. The molecule has 11 heteroatoms. The van der Waals surface area contributed by atoms with Crippen LogP contribution >= 0.6 is 27.3 Å². The largest absolute Gasteiger partial charge is 0.493 e. The maximum Gasteiger partial charge on any atom is 0.338 e. The SMILES string of the molecule is CCOC(=O)C1=C(C)N=c2s/c(=C\c3cc(Br)c(OC)c(OC)c3)c(=O)n2[C@H]1c1ccc2c(c1)OCO2. The summed E-state index contributed by atoms with van der Waals surface area (Å²) in [5, 5.41) is 0. The van der Waals surface area contributed by atoms with Crippen molar-refractivity contribution in [3.63, 3.8) is 0 Å². The number of allylic oxidation sites excluding steroid dienone is 1. The Morgan fingerprint density at radius 2 is 2.00 bits per heavy atom. The molecule has 0 bridgehead atoms. The zero-order valence-electron chi connectivity index (χ0n) is 20.5. The third-order valence-electron chi connectivity index (χ3n) is 5.98. The Morgan fingerprint density at radius 1 is 1.22 bits per heavy atom. The van der Waals surface area contributed by atoms with Gasteiger partial charge in [0.2, 0.25) is 6.79 Å². The number of fused-ring (bicyclic) bond motifs is 2. The second-order valence-corrected chi connectivity index (χ2v) is 10.0. The molecule has 5 rings (SSSR count). The number of hydrogen-bond acceptors (Lipinski definition) is 9. The number of halogens is 1. The van der Waals surface area contributed by atoms with E-state index in [-0.39, 0.29) is 19.0 Å². The first-order valence-corrected chi connectivity index (χ1v) is 13.0. The van der Waals surface area contributed by atoms with Gasteiger partial charge in [-0.15, -0.1) is 0 Å². The first-order chi connectivity index (χ1) is 17.9. The van der Waals surface area contributed by atoms with Gasteiger partial charge in [-0.1, -0.05) is 17.4 Å². The van der Waals surface area contributed by atoms with Crippen LogP contribution in [0.15, 0.2) is 55.9 Å². The number of aromatic nitrogens is 1. The molecular formula is C26H23BrN2O7S. The van der Waals surface area contributed by atoms with Crippen molar-refractivity contribution in [2.75, 3.05) is 27.6 Å². The second-order valence-electron chi connectivity index (χ2n) is 8.15. The molecule has 0 spiro atoms. The van der Waals surface area contributed by atoms with Crippen molar-refractivity contribution >= 4 is 39.3 Å². The number of esters is 1. The van der Waals surface area contributed by atoms with E-state index < -0.39 is 12.0 Å². The summed E-state index contributed by atoms with van der Waals surface area (Å²) < 4.78 is 29.9. The maximum absolute atomic E-state index is 13.8. The van der Waals surface area contributed by atoms with Crippen molar-refractivity contribution in [2.45, 2.75) is 19.9 Å². The number of carbonyl (C=O) groups excluding carboxylic acids is 1. The van der Waals surface area contributed by atoms with Gasteiger partial charge in [-0.05, 0) is 71.2 Å². The first-order valence-electron chi connectivity index (χ1n) is 11.4. The molecular weight excluding hydrogens is 564 g/mol. The van der Waals surface area contributed by atoms with E-state index in [1.165, 1.54) is 15.9 Å². The molecule has 2 aliphatic rings. The van der Waals surface area contributed by atoms with Crippen molar-refractivity contribution < 1.29 is 28.5 Å². The number of nitrogens with zero attached hydrogens (tertiary/aromatic N) is 2. The molecule has 0 saturated carbocycles. The molecule has 1 aromatic heterocycles. The van der Waals surface area contributed by atoms with Crippen molar-refractivity contribution in [1.82, 2.24) is 4.57 Å². The van der Waals surface area contributed by atoms with E-state index in [2.05, 4.69) is 20.9 Å². The minimum Gasteiger partial charge on any atom is -0.493 e.